The molecule has 0 bridgehead atoms. The van der Waals surface area contributed by atoms with Crippen molar-refractivity contribution in [3.63, 3.8) is 0 Å². The van der Waals surface area contributed by atoms with Gasteiger partial charge in [0.05, 0.1) is 7.11 Å². The van der Waals surface area contributed by atoms with E-state index in [1.807, 2.05) is 19.1 Å². The van der Waals surface area contributed by atoms with E-state index >= 15 is 0 Å². The van der Waals surface area contributed by atoms with Gasteiger partial charge in [-0.15, -0.1) is 0 Å². The maximum Gasteiger partial charge on any atom is 0.429 e. The van der Waals surface area contributed by atoms with Crippen LogP contribution in [0, 0.1) is 13.8 Å². The third-order valence-corrected chi connectivity index (χ3v) is 3.94. The highest BCUT2D eigenvalue weighted by Gasteiger charge is 2.41. The summed E-state index contributed by atoms with van der Waals surface area (Å²) < 4.78 is 55.1. The van der Waals surface area contributed by atoms with Crippen molar-refractivity contribution in [1.29, 1.82) is 0 Å². The summed E-state index contributed by atoms with van der Waals surface area (Å²) in [6.07, 6.45) is -3.99. The Kier molecular flexibility index (Phi) is 4.37. The van der Waals surface area contributed by atoms with Crippen molar-refractivity contribution in [3.05, 3.63) is 53.1 Å². The second-order valence-electron chi connectivity index (χ2n) is 5.80. The number of aryl methyl sites for hydroxylation is 1. The largest absolute Gasteiger partial charge is 0.493 e. The predicted octanol–water partition coefficient (Wildman–Crippen LogP) is 5.44. The fraction of sp³-hybridized carbons (Fsp3) is 0.263. The van der Waals surface area contributed by atoms with Gasteiger partial charge >= 0.3 is 6.18 Å². The number of alkyl halides is 3. The van der Waals surface area contributed by atoms with Crippen LogP contribution in [0.2, 0.25) is 0 Å². The molecule has 0 spiro atoms. The van der Waals surface area contributed by atoms with E-state index < -0.39 is 12.3 Å². The third kappa shape index (κ3) is 3.43. The van der Waals surface area contributed by atoms with E-state index in [-0.39, 0.29) is 5.75 Å². The number of fused-ring (bicyclic) bond motifs is 1. The van der Waals surface area contributed by atoms with Gasteiger partial charge < -0.3 is 14.2 Å². The Bertz CT molecular complexity index is 825. The molecule has 3 rings (SSSR count). The Morgan fingerprint density at radius 3 is 2.40 bits per heavy atom. The van der Waals surface area contributed by atoms with Crippen molar-refractivity contribution in [3.8, 4) is 23.0 Å². The summed E-state index contributed by atoms with van der Waals surface area (Å²) in [5.41, 5.74) is 2.09. The van der Waals surface area contributed by atoms with Crippen LogP contribution < -0.4 is 14.2 Å². The molecule has 0 fully saturated rings. The van der Waals surface area contributed by atoms with Crippen LogP contribution in [0.15, 0.2) is 36.4 Å². The minimum Gasteiger partial charge on any atom is -0.493 e. The first-order valence-electron chi connectivity index (χ1n) is 7.67. The third-order valence-electron chi connectivity index (χ3n) is 3.94. The zero-order valence-corrected chi connectivity index (χ0v) is 14.0. The summed E-state index contributed by atoms with van der Waals surface area (Å²) in [6.45, 7) is 3.59. The fourth-order valence-corrected chi connectivity index (χ4v) is 2.60. The summed E-state index contributed by atoms with van der Waals surface area (Å²) in [4.78, 5) is 0. The zero-order chi connectivity index (χ0) is 18.2. The number of hydrogen-bond acceptors (Lipinski definition) is 3. The fourth-order valence-electron chi connectivity index (χ4n) is 2.60. The molecule has 2 aromatic rings. The highest BCUT2D eigenvalue weighted by atomic mass is 19.4. The number of hydrogen-bond donors (Lipinski definition) is 0. The highest BCUT2D eigenvalue weighted by molar-refractivity contribution is 5.65. The van der Waals surface area contributed by atoms with Crippen LogP contribution in [0.4, 0.5) is 13.2 Å². The number of rotatable bonds is 3. The molecule has 132 valence electrons. The monoisotopic (exact) mass is 350 g/mol. The molecule has 0 amide bonds. The SMILES string of the molecule is COc1cc(C)ccc1Oc1ccc2c(c1C)OC(C(F)(F)F)C=C2. The second-order valence-corrected chi connectivity index (χ2v) is 5.80. The molecule has 0 aromatic heterocycles. The molecule has 1 atom stereocenters. The first kappa shape index (κ1) is 17.2. The molecule has 6 heteroatoms. The van der Waals surface area contributed by atoms with E-state index in [2.05, 4.69) is 0 Å². The van der Waals surface area contributed by atoms with E-state index in [1.165, 1.54) is 13.2 Å². The summed E-state index contributed by atoms with van der Waals surface area (Å²) in [6, 6.07) is 8.81. The number of methoxy groups -OCH3 is 1. The number of ether oxygens (including phenoxy) is 3. The van der Waals surface area contributed by atoms with E-state index in [0.29, 0.717) is 28.4 Å². The van der Waals surface area contributed by atoms with Gasteiger partial charge in [-0.3, -0.25) is 0 Å². The molecule has 2 aromatic carbocycles. The lowest BCUT2D eigenvalue weighted by Crippen LogP contribution is -2.34. The van der Waals surface area contributed by atoms with Gasteiger partial charge in [-0.1, -0.05) is 12.1 Å². The predicted molar refractivity (Wildman–Crippen MR) is 88.5 cm³/mol. The molecular weight excluding hydrogens is 333 g/mol. The summed E-state index contributed by atoms with van der Waals surface area (Å²) in [7, 11) is 1.53. The van der Waals surface area contributed by atoms with E-state index in [1.54, 1.807) is 25.1 Å². The maximum absolute atomic E-state index is 12.9. The second kappa shape index (κ2) is 6.35. The van der Waals surface area contributed by atoms with Crippen LogP contribution in [0.3, 0.4) is 0 Å². The minimum atomic E-state index is -4.46. The molecule has 0 aliphatic carbocycles. The summed E-state index contributed by atoms with van der Waals surface area (Å²) in [5, 5.41) is 0. The summed E-state index contributed by atoms with van der Waals surface area (Å²) in [5.74, 6) is 1.62. The first-order chi connectivity index (χ1) is 11.8. The quantitative estimate of drug-likeness (QED) is 0.738. The van der Waals surface area contributed by atoms with Crippen molar-refractivity contribution >= 4 is 6.08 Å². The van der Waals surface area contributed by atoms with E-state index in [9.17, 15) is 13.2 Å². The number of halogens is 3. The topological polar surface area (TPSA) is 27.7 Å². The smallest absolute Gasteiger partial charge is 0.429 e. The van der Waals surface area contributed by atoms with Crippen molar-refractivity contribution < 1.29 is 27.4 Å². The van der Waals surface area contributed by atoms with Crippen LogP contribution in [0.5, 0.6) is 23.0 Å². The van der Waals surface area contributed by atoms with Gasteiger partial charge in [-0.25, -0.2) is 0 Å². The molecule has 1 aliphatic rings. The van der Waals surface area contributed by atoms with Gasteiger partial charge in [0.15, 0.2) is 11.5 Å². The molecule has 0 radical (unpaired) electrons. The molecule has 0 saturated carbocycles. The Hall–Kier alpha value is -2.63. The molecule has 0 saturated heterocycles. The van der Waals surface area contributed by atoms with E-state index in [0.717, 1.165) is 11.6 Å². The molecule has 1 heterocycles. The molecule has 1 unspecified atom stereocenters. The van der Waals surface area contributed by atoms with Gasteiger partial charge in [0.2, 0.25) is 6.10 Å². The highest BCUT2D eigenvalue weighted by Crippen LogP contribution is 2.41. The molecular formula is C19H17F3O3. The molecule has 1 aliphatic heterocycles. The van der Waals surface area contributed by atoms with Gasteiger partial charge in [0.1, 0.15) is 11.5 Å². The Labute approximate surface area is 143 Å². The Morgan fingerprint density at radius 1 is 1.00 bits per heavy atom. The van der Waals surface area contributed by atoms with Gasteiger partial charge in [0.25, 0.3) is 0 Å². The minimum absolute atomic E-state index is 0.174. The van der Waals surface area contributed by atoms with Crippen molar-refractivity contribution in [2.75, 3.05) is 7.11 Å². The van der Waals surface area contributed by atoms with Crippen LogP contribution in [-0.2, 0) is 0 Å². The average molecular weight is 350 g/mol. The van der Waals surface area contributed by atoms with Gasteiger partial charge in [-0.2, -0.15) is 13.2 Å². The maximum atomic E-state index is 12.9. The van der Waals surface area contributed by atoms with Crippen LogP contribution in [0.1, 0.15) is 16.7 Å². The van der Waals surface area contributed by atoms with Crippen LogP contribution >= 0.6 is 0 Å². The van der Waals surface area contributed by atoms with Crippen molar-refractivity contribution in [1.82, 2.24) is 0 Å². The number of benzene rings is 2. The van der Waals surface area contributed by atoms with Crippen LogP contribution in [-0.4, -0.2) is 19.4 Å². The summed E-state index contributed by atoms with van der Waals surface area (Å²) >= 11 is 0. The normalized spacial score (nSPS) is 16.2. The van der Waals surface area contributed by atoms with Crippen molar-refractivity contribution in [2.24, 2.45) is 0 Å². The molecule has 0 N–H and O–H groups in total. The lowest BCUT2D eigenvalue weighted by molar-refractivity contribution is -0.180. The molecule has 25 heavy (non-hydrogen) atoms. The van der Waals surface area contributed by atoms with Crippen LogP contribution in [0.25, 0.3) is 6.08 Å². The van der Waals surface area contributed by atoms with Gasteiger partial charge in [0, 0.05) is 11.1 Å². The van der Waals surface area contributed by atoms with E-state index in [4.69, 9.17) is 14.2 Å². The average Bonchev–Trinajstić information content (AvgIpc) is 2.57. The van der Waals surface area contributed by atoms with Gasteiger partial charge in [-0.05, 0) is 49.8 Å². The Morgan fingerprint density at radius 2 is 1.72 bits per heavy atom. The first-order valence-corrected chi connectivity index (χ1v) is 7.67. The lowest BCUT2D eigenvalue weighted by Gasteiger charge is -2.25. The standard InChI is InChI=1S/C19H17F3O3/c1-11-4-7-15(16(10-11)23-3)24-14-8-5-13-6-9-17(19(20,21)22)25-18(13)12(14)2/h4-10,17H,1-3H3. The lowest BCUT2D eigenvalue weighted by atomic mass is 10.0. The van der Waals surface area contributed by atoms with Crippen molar-refractivity contribution in [2.45, 2.75) is 26.1 Å². The molecule has 3 nitrogen and oxygen atoms in total. The Balaban J connectivity index is 1.95. The zero-order valence-electron chi connectivity index (χ0n) is 14.0.